The van der Waals surface area contributed by atoms with Gasteiger partial charge in [0.15, 0.2) is 6.29 Å². The van der Waals surface area contributed by atoms with Crippen molar-refractivity contribution in [3.63, 3.8) is 0 Å². The minimum atomic E-state index is -1.12. The third-order valence-corrected chi connectivity index (χ3v) is 3.00. The Morgan fingerprint density at radius 2 is 1.40 bits per heavy atom. The molecular weight excluding hydrogens is 260 g/mol. The third kappa shape index (κ3) is 4.97. The van der Waals surface area contributed by atoms with Gasteiger partial charge in [0.1, 0.15) is 18.3 Å². The molecule has 1 saturated heterocycles. The Balaban J connectivity index is 2.84. The van der Waals surface area contributed by atoms with E-state index in [1.165, 1.54) is 0 Å². The van der Waals surface area contributed by atoms with Crippen LogP contribution in [0.2, 0.25) is 0 Å². The van der Waals surface area contributed by atoms with Crippen molar-refractivity contribution in [3.8, 4) is 0 Å². The number of hydrogen-bond donors (Lipinski definition) is 2. The van der Waals surface area contributed by atoms with E-state index in [9.17, 15) is 10.2 Å². The summed E-state index contributed by atoms with van der Waals surface area (Å²) in [5.74, 6) is 0. The van der Waals surface area contributed by atoms with E-state index in [0.717, 1.165) is 0 Å². The second-order valence-corrected chi connectivity index (χ2v) is 7.36. The molecule has 1 aliphatic heterocycles. The average molecular weight is 290 g/mol. The second kappa shape index (κ2) is 6.28. The average Bonchev–Trinajstić information content (AvgIpc) is 2.25. The largest absolute Gasteiger partial charge is 0.387 e. The van der Waals surface area contributed by atoms with Crippen LogP contribution in [0.4, 0.5) is 0 Å². The van der Waals surface area contributed by atoms with Gasteiger partial charge in [0.25, 0.3) is 0 Å². The zero-order valence-corrected chi connectivity index (χ0v) is 13.7. The molecule has 5 atom stereocenters. The van der Waals surface area contributed by atoms with E-state index in [1.54, 1.807) is 0 Å². The summed E-state index contributed by atoms with van der Waals surface area (Å²) in [4.78, 5) is 0. The van der Waals surface area contributed by atoms with Gasteiger partial charge in [0.05, 0.1) is 17.3 Å². The molecule has 0 radical (unpaired) electrons. The lowest BCUT2D eigenvalue weighted by molar-refractivity contribution is -0.330. The minimum absolute atomic E-state index is 0.306. The van der Waals surface area contributed by atoms with Crippen molar-refractivity contribution in [2.24, 2.45) is 0 Å². The molecule has 0 amide bonds. The molecule has 0 bridgehead atoms. The molecule has 0 spiro atoms. The molecule has 5 unspecified atom stereocenters. The quantitative estimate of drug-likeness (QED) is 0.830. The van der Waals surface area contributed by atoms with Gasteiger partial charge < -0.3 is 24.4 Å². The molecule has 1 rings (SSSR count). The summed E-state index contributed by atoms with van der Waals surface area (Å²) in [6.45, 7) is 13.3. The molecular formula is C15H30O5. The van der Waals surface area contributed by atoms with Crippen molar-refractivity contribution in [1.82, 2.24) is 0 Å². The van der Waals surface area contributed by atoms with Crippen molar-refractivity contribution in [2.45, 2.75) is 96.8 Å². The highest BCUT2D eigenvalue weighted by atomic mass is 16.7. The third-order valence-electron chi connectivity index (χ3n) is 3.00. The highest BCUT2D eigenvalue weighted by Gasteiger charge is 2.47. The lowest BCUT2D eigenvalue weighted by atomic mass is 9.96. The maximum Gasteiger partial charge on any atom is 0.187 e. The first-order chi connectivity index (χ1) is 8.94. The summed E-state index contributed by atoms with van der Waals surface area (Å²) in [6, 6.07) is 0. The van der Waals surface area contributed by atoms with Crippen LogP contribution in [0.1, 0.15) is 54.9 Å². The fourth-order valence-corrected chi connectivity index (χ4v) is 2.23. The van der Waals surface area contributed by atoms with Crippen LogP contribution in [-0.2, 0) is 14.2 Å². The maximum absolute atomic E-state index is 10.3. The van der Waals surface area contributed by atoms with Crippen LogP contribution >= 0.6 is 0 Å². The van der Waals surface area contributed by atoms with Crippen LogP contribution in [0.3, 0.4) is 0 Å². The normalized spacial score (nSPS) is 36.1. The number of hydrogen-bond acceptors (Lipinski definition) is 5. The van der Waals surface area contributed by atoms with Crippen molar-refractivity contribution < 1.29 is 24.4 Å². The van der Waals surface area contributed by atoms with Gasteiger partial charge in [0, 0.05) is 0 Å². The van der Waals surface area contributed by atoms with E-state index in [-0.39, 0.29) is 6.10 Å². The van der Waals surface area contributed by atoms with Gasteiger partial charge in [-0.2, -0.15) is 0 Å². The van der Waals surface area contributed by atoms with Crippen LogP contribution in [-0.4, -0.2) is 52.1 Å². The maximum atomic E-state index is 10.3. The Bertz CT molecular complexity index is 302. The van der Waals surface area contributed by atoms with Crippen molar-refractivity contribution in [1.29, 1.82) is 0 Å². The van der Waals surface area contributed by atoms with Gasteiger partial charge in [-0.1, -0.05) is 6.92 Å². The number of rotatable bonds is 3. The Labute approximate surface area is 122 Å². The van der Waals surface area contributed by atoms with E-state index < -0.39 is 35.8 Å². The second-order valence-electron chi connectivity index (χ2n) is 7.36. The molecule has 120 valence electrons. The highest BCUT2D eigenvalue weighted by molar-refractivity contribution is 4.91. The first kappa shape index (κ1) is 17.9. The monoisotopic (exact) mass is 290 g/mol. The van der Waals surface area contributed by atoms with Gasteiger partial charge in [0.2, 0.25) is 0 Å². The van der Waals surface area contributed by atoms with Gasteiger partial charge >= 0.3 is 0 Å². The lowest BCUT2D eigenvalue weighted by Gasteiger charge is -2.45. The first-order valence-corrected chi connectivity index (χ1v) is 7.32. The SMILES string of the molecule is CCC1OC(OC(C)(C)C)C(O)C(O)C1OC(C)(C)C. The molecule has 20 heavy (non-hydrogen) atoms. The van der Waals surface area contributed by atoms with E-state index in [2.05, 4.69) is 0 Å². The van der Waals surface area contributed by atoms with Crippen molar-refractivity contribution in [2.75, 3.05) is 0 Å². The van der Waals surface area contributed by atoms with Crippen molar-refractivity contribution in [3.05, 3.63) is 0 Å². The molecule has 1 heterocycles. The zero-order valence-electron chi connectivity index (χ0n) is 13.7. The summed E-state index contributed by atoms with van der Waals surface area (Å²) in [5.41, 5.74) is -0.874. The van der Waals surface area contributed by atoms with E-state index in [1.807, 2.05) is 48.5 Å². The summed E-state index contributed by atoms with van der Waals surface area (Å²) in [7, 11) is 0. The van der Waals surface area contributed by atoms with E-state index >= 15 is 0 Å². The lowest BCUT2D eigenvalue weighted by Crippen LogP contribution is -2.61. The van der Waals surface area contributed by atoms with E-state index in [4.69, 9.17) is 14.2 Å². The zero-order chi connectivity index (χ0) is 15.7. The molecule has 2 N–H and O–H groups in total. The Hall–Kier alpha value is -0.200. The van der Waals surface area contributed by atoms with Gasteiger partial charge in [-0.3, -0.25) is 0 Å². The van der Waals surface area contributed by atoms with Crippen molar-refractivity contribution >= 4 is 0 Å². The number of aliphatic hydroxyl groups is 2. The molecule has 1 fully saturated rings. The molecule has 1 aliphatic rings. The van der Waals surface area contributed by atoms with Crippen LogP contribution in [0.25, 0.3) is 0 Å². The topological polar surface area (TPSA) is 68.2 Å². The fraction of sp³-hybridized carbons (Fsp3) is 1.00. The summed E-state index contributed by atoms with van der Waals surface area (Å²) >= 11 is 0. The molecule has 0 aromatic heterocycles. The Morgan fingerprint density at radius 3 is 1.80 bits per heavy atom. The van der Waals surface area contributed by atoms with Crippen LogP contribution < -0.4 is 0 Å². The van der Waals surface area contributed by atoms with Gasteiger partial charge in [-0.05, 0) is 48.0 Å². The summed E-state index contributed by atoms with van der Waals surface area (Å²) in [6.07, 6.45) is -3.18. The van der Waals surface area contributed by atoms with Crippen LogP contribution in [0, 0.1) is 0 Å². The fourth-order valence-electron chi connectivity index (χ4n) is 2.23. The Morgan fingerprint density at radius 1 is 0.900 bits per heavy atom. The van der Waals surface area contributed by atoms with Crippen LogP contribution in [0.15, 0.2) is 0 Å². The standard InChI is InChI=1S/C15H30O5/c1-8-9-12(19-14(2,3)4)10(16)11(17)13(18-9)20-15(5,6)7/h9-13,16-17H,8H2,1-7H3. The van der Waals surface area contributed by atoms with Crippen LogP contribution in [0.5, 0.6) is 0 Å². The number of ether oxygens (including phenoxy) is 3. The summed E-state index contributed by atoms with van der Waals surface area (Å²) in [5, 5.41) is 20.5. The smallest absolute Gasteiger partial charge is 0.187 e. The minimum Gasteiger partial charge on any atom is -0.387 e. The molecule has 0 aromatic rings. The highest BCUT2D eigenvalue weighted by Crippen LogP contribution is 2.30. The van der Waals surface area contributed by atoms with Gasteiger partial charge in [-0.15, -0.1) is 0 Å². The first-order valence-electron chi connectivity index (χ1n) is 7.32. The molecule has 5 nitrogen and oxygen atoms in total. The predicted molar refractivity (Wildman–Crippen MR) is 76.4 cm³/mol. The predicted octanol–water partition coefficient (Wildman–Crippen LogP) is 1.84. The van der Waals surface area contributed by atoms with E-state index in [0.29, 0.717) is 6.42 Å². The molecule has 0 aromatic carbocycles. The number of aliphatic hydroxyl groups excluding tert-OH is 2. The Kier molecular flexibility index (Phi) is 5.60. The molecule has 0 aliphatic carbocycles. The molecule has 5 heteroatoms. The summed E-state index contributed by atoms with van der Waals surface area (Å²) < 4.78 is 17.3. The van der Waals surface area contributed by atoms with Gasteiger partial charge in [-0.25, -0.2) is 0 Å². The molecule has 0 saturated carbocycles.